The molecule has 0 spiro atoms. The van der Waals surface area contributed by atoms with Gasteiger partial charge in [0.25, 0.3) is 0 Å². The van der Waals surface area contributed by atoms with Crippen molar-refractivity contribution in [3.8, 4) is 0 Å². The second kappa shape index (κ2) is 10.7. The van der Waals surface area contributed by atoms with Gasteiger partial charge >= 0.3 is 6.18 Å². The molecule has 1 unspecified atom stereocenters. The highest BCUT2D eigenvalue weighted by Gasteiger charge is 2.30. The fourth-order valence-corrected chi connectivity index (χ4v) is 3.11. The minimum Gasteiger partial charge on any atom is -0.354 e. The van der Waals surface area contributed by atoms with Crippen molar-refractivity contribution < 1.29 is 18.0 Å². The summed E-state index contributed by atoms with van der Waals surface area (Å²) in [4.78, 5) is 20.9. The van der Waals surface area contributed by atoms with Crippen LogP contribution in [0.5, 0.6) is 0 Å². The van der Waals surface area contributed by atoms with Crippen LogP contribution in [0, 0.1) is 0 Å². The van der Waals surface area contributed by atoms with Gasteiger partial charge in [-0.15, -0.1) is 0 Å². The Bertz CT molecular complexity index is 948. The number of hydrogen-bond donors (Lipinski definition) is 2. The number of halogens is 3. The molecule has 0 radical (unpaired) electrons. The maximum absolute atomic E-state index is 12.9. The molecule has 162 valence electrons. The van der Waals surface area contributed by atoms with Gasteiger partial charge in [0.1, 0.15) is 6.04 Å². The van der Waals surface area contributed by atoms with Crippen LogP contribution in [0.25, 0.3) is 0 Å². The fraction of sp³-hybridized carbons (Fsp3) is 0.261. The van der Waals surface area contributed by atoms with Crippen molar-refractivity contribution in [2.24, 2.45) is 0 Å². The summed E-state index contributed by atoms with van der Waals surface area (Å²) in [5.41, 5.74) is 1.71. The molecule has 0 saturated heterocycles. The minimum absolute atomic E-state index is 0.296. The van der Waals surface area contributed by atoms with Gasteiger partial charge in [-0.25, -0.2) is 0 Å². The Hall–Kier alpha value is -3.26. The quantitative estimate of drug-likeness (QED) is 0.545. The molecule has 0 saturated carbocycles. The zero-order chi connectivity index (χ0) is 22.1. The molecule has 1 aromatic carbocycles. The fourth-order valence-electron chi connectivity index (χ4n) is 3.11. The van der Waals surface area contributed by atoms with Crippen molar-refractivity contribution in [1.29, 1.82) is 0 Å². The third-order valence-corrected chi connectivity index (χ3v) is 4.75. The van der Waals surface area contributed by atoms with E-state index in [0.29, 0.717) is 31.5 Å². The molecule has 0 bridgehead atoms. The Morgan fingerprint density at radius 2 is 1.45 bits per heavy atom. The van der Waals surface area contributed by atoms with E-state index in [4.69, 9.17) is 0 Å². The average Bonchev–Trinajstić information content (AvgIpc) is 2.77. The van der Waals surface area contributed by atoms with E-state index in [-0.39, 0.29) is 5.91 Å². The lowest BCUT2D eigenvalue weighted by Gasteiger charge is -2.20. The highest BCUT2D eigenvalue weighted by molar-refractivity contribution is 5.83. The molecule has 2 heterocycles. The van der Waals surface area contributed by atoms with Crippen LogP contribution in [-0.4, -0.2) is 29.0 Å². The van der Waals surface area contributed by atoms with Crippen LogP contribution in [0.3, 0.4) is 0 Å². The zero-order valence-corrected chi connectivity index (χ0v) is 16.8. The van der Waals surface area contributed by atoms with Crippen LogP contribution in [0.4, 0.5) is 13.2 Å². The van der Waals surface area contributed by atoms with Gasteiger partial charge in [-0.05, 0) is 53.8 Å². The second-order valence-electron chi connectivity index (χ2n) is 7.02. The smallest absolute Gasteiger partial charge is 0.354 e. The number of amides is 1. The van der Waals surface area contributed by atoms with Crippen LogP contribution >= 0.6 is 0 Å². The van der Waals surface area contributed by atoms with Crippen LogP contribution in [0.2, 0.25) is 0 Å². The number of carbonyl (C=O) groups excluding carboxylic acids is 1. The van der Waals surface area contributed by atoms with Gasteiger partial charge in [0.15, 0.2) is 0 Å². The molecule has 8 heteroatoms. The summed E-state index contributed by atoms with van der Waals surface area (Å²) < 4.78 is 38.7. The molecule has 0 fully saturated rings. The van der Waals surface area contributed by atoms with Crippen LogP contribution < -0.4 is 10.6 Å². The first-order valence-electron chi connectivity index (χ1n) is 9.89. The Balaban J connectivity index is 1.66. The number of hydrogen-bond acceptors (Lipinski definition) is 4. The van der Waals surface area contributed by atoms with Crippen molar-refractivity contribution in [2.75, 3.05) is 13.1 Å². The predicted molar refractivity (Wildman–Crippen MR) is 111 cm³/mol. The molecule has 0 aliphatic heterocycles. The zero-order valence-electron chi connectivity index (χ0n) is 16.8. The van der Waals surface area contributed by atoms with Crippen molar-refractivity contribution in [3.63, 3.8) is 0 Å². The molecule has 1 atom stereocenters. The summed E-state index contributed by atoms with van der Waals surface area (Å²) in [5.74, 6) is -0.296. The van der Waals surface area contributed by atoms with Gasteiger partial charge in [0.05, 0.1) is 5.56 Å². The molecule has 2 N–H and O–H groups in total. The second-order valence-corrected chi connectivity index (χ2v) is 7.02. The van der Waals surface area contributed by atoms with Gasteiger partial charge in [0, 0.05) is 37.9 Å². The molecular formula is C23H23F3N4O. The molecule has 0 aliphatic carbocycles. The third-order valence-electron chi connectivity index (χ3n) is 4.75. The number of pyridine rings is 2. The number of alkyl halides is 3. The Morgan fingerprint density at radius 1 is 0.871 bits per heavy atom. The van der Waals surface area contributed by atoms with E-state index in [1.54, 1.807) is 24.8 Å². The van der Waals surface area contributed by atoms with Crippen molar-refractivity contribution >= 4 is 5.91 Å². The highest BCUT2D eigenvalue weighted by Crippen LogP contribution is 2.30. The molecule has 0 aliphatic rings. The van der Waals surface area contributed by atoms with E-state index < -0.39 is 17.8 Å². The normalized spacial score (nSPS) is 12.4. The molecule has 31 heavy (non-hydrogen) atoms. The summed E-state index contributed by atoms with van der Waals surface area (Å²) in [5, 5.41) is 6.02. The monoisotopic (exact) mass is 428 g/mol. The predicted octanol–water partition coefficient (Wildman–Crippen LogP) is 3.73. The van der Waals surface area contributed by atoms with Gasteiger partial charge in [-0.3, -0.25) is 14.8 Å². The van der Waals surface area contributed by atoms with Crippen molar-refractivity contribution in [2.45, 2.75) is 25.1 Å². The number of nitrogens with one attached hydrogen (secondary N) is 2. The lowest BCUT2D eigenvalue weighted by Crippen LogP contribution is -2.39. The number of aromatic nitrogens is 2. The molecule has 5 nitrogen and oxygen atoms in total. The average molecular weight is 428 g/mol. The standard InChI is InChI=1S/C23H23F3N4O/c24-23(25,26)20-7-5-19(6-8-20)21(29-13-9-17-3-1-11-27-15-17)22(31)30-14-10-18-4-2-12-28-16-18/h1-8,11-12,15-16,21,29H,9-10,13-14H2,(H,30,31). The number of carbonyl (C=O) groups is 1. The first-order valence-corrected chi connectivity index (χ1v) is 9.89. The topological polar surface area (TPSA) is 66.9 Å². The van der Waals surface area contributed by atoms with E-state index in [2.05, 4.69) is 20.6 Å². The van der Waals surface area contributed by atoms with Crippen molar-refractivity contribution in [1.82, 2.24) is 20.6 Å². The summed E-state index contributed by atoms with van der Waals surface area (Å²) in [6.07, 6.45) is 3.64. The lowest BCUT2D eigenvalue weighted by atomic mass is 10.0. The molecule has 3 rings (SSSR count). The Kier molecular flexibility index (Phi) is 7.72. The van der Waals surface area contributed by atoms with E-state index in [9.17, 15) is 18.0 Å². The highest BCUT2D eigenvalue weighted by atomic mass is 19.4. The van der Waals surface area contributed by atoms with Gasteiger partial charge in [-0.2, -0.15) is 13.2 Å². The van der Waals surface area contributed by atoms with Gasteiger partial charge < -0.3 is 10.6 Å². The number of rotatable bonds is 9. The summed E-state index contributed by atoms with van der Waals surface area (Å²) in [7, 11) is 0. The minimum atomic E-state index is -4.42. The molecule has 1 amide bonds. The number of nitrogens with zero attached hydrogens (tertiary/aromatic N) is 2. The van der Waals surface area contributed by atoms with Crippen LogP contribution in [-0.2, 0) is 23.8 Å². The van der Waals surface area contributed by atoms with Crippen LogP contribution in [0.15, 0.2) is 73.3 Å². The first-order chi connectivity index (χ1) is 14.9. The lowest BCUT2D eigenvalue weighted by molar-refractivity contribution is -0.137. The molecular weight excluding hydrogens is 405 g/mol. The van der Waals surface area contributed by atoms with Gasteiger partial charge in [-0.1, -0.05) is 24.3 Å². The number of benzene rings is 1. The van der Waals surface area contributed by atoms with E-state index in [1.165, 1.54) is 12.1 Å². The Morgan fingerprint density at radius 3 is 1.97 bits per heavy atom. The van der Waals surface area contributed by atoms with E-state index >= 15 is 0 Å². The molecule has 2 aromatic heterocycles. The summed E-state index contributed by atoms with van der Waals surface area (Å²) in [6.45, 7) is 0.860. The SMILES string of the molecule is O=C(NCCc1cccnc1)C(NCCc1cccnc1)c1ccc(C(F)(F)F)cc1. The third kappa shape index (κ3) is 6.89. The maximum Gasteiger partial charge on any atom is 0.416 e. The summed E-state index contributed by atoms with van der Waals surface area (Å²) >= 11 is 0. The van der Waals surface area contributed by atoms with Crippen LogP contribution in [0.1, 0.15) is 28.3 Å². The largest absolute Gasteiger partial charge is 0.416 e. The van der Waals surface area contributed by atoms with E-state index in [1.807, 2.05) is 24.3 Å². The summed E-state index contributed by atoms with van der Waals surface area (Å²) in [6, 6.07) is 11.4. The van der Waals surface area contributed by atoms with Crippen molar-refractivity contribution in [3.05, 3.63) is 95.6 Å². The first kappa shape index (κ1) is 22.4. The van der Waals surface area contributed by atoms with E-state index in [0.717, 1.165) is 23.3 Å². The Labute approximate surface area is 178 Å². The maximum atomic E-state index is 12.9. The van der Waals surface area contributed by atoms with Gasteiger partial charge in [0.2, 0.25) is 5.91 Å². The molecule has 3 aromatic rings.